The Hall–Kier alpha value is -0.240. The van der Waals surface area contributed by atoms with Crippen molar-refractivity contribution in [3.8, 4) is 0 Å². The second-order valence-corrected chi connectivity index (χ2v) is 13.3. The molecule has 12 atom stereocenters. The fourth-order valence-electron chi connectivity index (χ4n) is 9.34. The van der Waals surface area contributed by atoms with Gasteiger partial charge in [-0.3, -0.25) is 0 Å². The summed E-state index contributed by atoms with van der Waals surface area (Å²) in [6, 6.07) is 0. The van der Waals surface area contributed by atoms with E-state index >= 15 is 0 Å². The van der Waals surface area contributed by atoms with Crippen LogP contribution in [0.4, 0.5) is 0 Å². The van der Waals surface area contributed by atoms with Crippen molar-refractivity contribution in [2.75, 3.05) is 0 Å². The normalized spacial score (nSPS) is 53.8. The van der Waals surface area contributed by atoms with E-state index in [2.05, 4.69) is 13.8 Å². The SMILES string of the molecule is CC(C)C(O)CC[C@@H](C)[C@H]1C[C@H](O)[C@@H]2[C@]1(C)CC[C@H]1[C@@]2(O)C[C@@H](O)[C@@]2(O)C[C@@H](O)CC[C@]12C. The first-order chi connectivity index (χ1) is 15.2. The zero-order valence-corrected chi connectivity index (χ0v) is 21.2. The summed E-state index contributed by atoms with van der Waals surface area (Å²) in [6.45, 7) is 10.5. The average Bonchev–Trinajstić information content (AvgIpc) is 2.99. The van der Waals surface area contributed by atoms with Crippen LogP contribution in [0.3, 0.4) is 0 Å². The Morgan fingerprint density at radius 1 is 0.909 bits per heavy atom. The first-order valence-electron chi connectivity index (χ1n) is 13.4. The van der Waals surface area contributed by atoms with Gasteiger partial charge in [0.1, 0.15) is 0 Å². The van der Waals surface area contributed by atoms with Gasteiger partial charge in [-0.25, -0.2) is 0 Å². The highest BCUT2D eigenvalue weighted by molar-refractivity contribution is 5.23. The fourth-order valence-corrected chi connectivity index (χ4v) is 9.34. The number of fused-ring (bicyclic) bond motifs is 5. The molecule has 33 heavy (non-hydrogen) atoms. The van der Waals surface area contributed by atoms with Crippen LogP contribution in [0, 0.1) is 40.4 Å². The molecule has 4 rings (SSSR count). The largest absolute Gasteiger partial charge is 0.393 e. The van der Waals surface area contributed by atoms with Crippen LogP contribution in [0.2, 0.25) is 0 Å². The van der Waals surface area contributed by atoms with Gasteiger partial charge in [0.05, 0.1) is 35.6 Å². The molecule has 6 N–H and O–H groups in total. The maximum absolute atomic E-state index is 12.3. The highest BCUT2D eigenvalue weighted by atomic mass is 16.4. The Balaban J connectivity index is 1.63. The summed E-state index contributed by atoms with van der Waals surface area (Å²) >= 11 is 0. The molecule has 4 saturated carbocycles. The van der Waals surface area contributed by atoms with Crippen molar-refractivity contribution in [2.45, 2.75) is 128 Å². The maximum atomic E-state index is 12.3. The third-order valence-electron chi connectivity index (χ3n) is 11.3. The molecule has 192 valence electrons. The molecule has 1 unspecified atom stereocenters. The summed E-state index contributed by atoms with van der Waals surface area (Å²) < 4.78 is 0. The molecule has 4 aliphatic carbocycles. The molecule has 6 nitrogen and oxygen atoms in total. The van der Waals surface area contributed by atoms with E-state index < -0.39 is 34.9 Å². The second-order valence-electron chi connectivity index (χ2n) is 13.3. The summed E-state index contributed by atoms with van der Waals surface area (Å²) in [5, 5.41) is 67.0. The van der Waals surface area contributed by atoms with Crippen molar-refractivity contribution in [3.63, 3.8) is 0 Å². The highest BCUT2D eigenvalue weighted by Crippen LogP contribution is 2.70. The summed E-state index contributed by atoms with van der Waals surface area (Å²) in [7, 11) is 0. The molecule has 6 heteroatoms. The maximum Gasteiger partial charge on any atom is 0.0987 e. The van der Waals surface area contributed by atoms with E-state index in [-0.39, 0.29) is 48.0 Å². The summed E-state index contributed by atoms with van der Waals surface area (Å²) in [4.78, 5) is 0. The van der Waals surface area contributed by atoms with E-state index in [0.717, 1.165) is 25.7 Å². The first-order valence-corrected chi connectivity index (χ1v) is 13.4. The third kappa shape index (κ3) is 3.65. The Bertz CT molecular complexity index is 729. The molecule has 0 aromatic heterocycles. The number of hydrogen-bond acceptors (Lipinski definition) is 6. The Labute approximate surface area is 199 Å². The molecule has 0 heterocycles. The van der Waals surface area contributed by atoms with Crippen LogP contribution in [0.15, 0.2) is 0 Å². The molecule has 0 spiro atoms. The lowest BCUT2D eigenvalue weighted by Gasteiger charge is -2.68. The summed E-state index contributed by atoms with van der Waals surface area (Å²) in [6.07, 6.45) is 2.42. The van der Waals surface area contributed by atoms with E-state index in [0.29, 0.717) is 25.2 Å². The molecule has 0 bridgehead atoms. The van der Waals surface area contributed by atoms with Gasteiger partial charge in [-0.05, 0) is 74.0 Å². The Morgan fingerprint density at radius 2 is 1.58 bits per heavy atom. The van der Waals surface area contributed by atoms with Gasteiger partial charge in [0.15, 0.2) is 0 Å². The topological polar surface area (TPSA) is 121 Å². The number of rotatable bonds is 5. The second kappa shape index (κ2) is 8.41. The van der Waals surface area contributed by atoms with E-state index in [1.54, 1.807) is 0 Å². The van der Waals surface area contributed by atoms with Crippen LogP contribution in [0.1, 0.15) is 92.4 Å². The minimum Gasteiger partial charge on any atom is -0.393 e. The summed E-state index contributed by atoms with van der Waals surface area (Å²) in [5.74, 6) is 0.197. The lowest BCUT2D eigenvalue weighted by molar-refractivity contribution is -0.315. The van der Waals surface area contributed by atoms with Crippen LogP contribution in [-0.4, -0.2) is 66.3 Å². The van der Waals surface area contributed by atoms with Crippen molar-refractivity contribution in [1.82, 2.24) is 0 Å². The molecule has 4 fully saturated rings. The van der Waals surface area contributed by atoms with Crippen LogP contribution >= 0.6 is 0 Å². The van der Waals surface area contributed by atoms with Gasteiger partial charge in [-0.2, -0.15) is 0 Å². The van der Waals surface area contributed by atoms with Crippen molar-refractivity contribution >= 4 is 0 Å². The standard InChI is InChI=1S/C27H48O6/c1-15(2)19(29)7-6-16(3)18-12-20(30)23-24(18,4)10-9-21-25(5)11-8-17(28)13-27(25,33)22(31)14-26(21,23)32/h15-23,28-33H,6-14H2,1-5H3/t16-,17+,18-,19?,20+,21-,22-,23-,24-,25-,26+,27+/m1/s1. The zero-order valence-electron chi connectivity index (χ0n) is 21.2. The monoisotopic (exact) mass is 468 g/mol. The van der Waals surface area contributed by atoms with Gasteiger partial charge >= 0.3 is 0 Å². The zero-order chi connectivity index (χ0) is 24.6. The average molecular weight is 469 g/mol. The number of aliphatic hydroxyl groups excluding tert-OH is 4. The molecule has 0 amide bonds. The van der Waals surface area contributed by atoms with Crippen LogP contribution in [0.5, 0.6) is 0 Å². The Kier molecular flexibility index (Phi) is 6.59. The van der Waals surface area contributed by atoms with Gasteiger partial charge < -0.3 is 30.6 Å². The van der Waals surface area contributed by atoms with Gasteiger partial charge in [0, 0.05) is 24.2 Å². The Morgan fingerprint density at radius 3 is 2.21 bits per heavy atom. The van der Waals surface area contributed by atoms with Gasteiger partial charge in [-0.1, -0.05) is 34.6 Å². The predicted molar refractivity (Wildman–Crippen MR) is 126 cm³/mol. The lowest BCUT2D eigenvalue weighted by atomic mass is 9.40. The van der Waals surface area contributed by atoms with E-state index in [4.69, 9.17) is 0 Å². The van der Waals surface area contributed by atoms with Gasteiger partial charge in [-0.15, -0.1) is 0 Å². The molecule has 0 radical (unpaired) electrons. The molecular formula is C27H48O6. The third-order valence-corrected chi connectivity index (χ3v) is 11.3. The van der Waals surface area contributed by atoms with Gasteiger partial charge in [0.25, 0.3) is 0 Å². The summed E-state index contributed by atoms with van der Waals surface area (Å²) in [5.41, 5.74) is -3.63. The van der Waals surface area contributed by atoms with E-state index in [9.17, 15) is 30.6 Å². The van der Waals surface area contributed by atoms with Crippen LogP contribution in [0.25, 0.3) is 0 Å². The van der Waals surface area contributed by atoms with E-state index in [1.165, 1.54) is 0 Å². The molecule has 4 aliphatic rings. The van der Waals surface area contributed by atoms with Crippen molar-refractivity contribution in [1.29, 1.82) is 0 Å². The van der Waals surface area contributed by atoms with Crippen LogP contribution < -0.4 is 0 Å². The van der Waals surface area contributed by atoms with Crippen LogP contribution in [-0.2, 0) is 0 Å². The molecule has 0 aromatic rings. The molecule has 0 aromatic carbocycles. The highest BCUT2D eigenvalue weighted by Gasteiger charge is 2.74. The first kappa shape index (κ1) is 25.8. The van der Waals surface area contributed by atoms with E-state index in [1.807, 2.05) is 20.8 Å². The quantitative estimate of drug-likeness (QED) is 0.369. The van der Waals surface area contributed by atoms with Crippen molar-refractivity contribution in [3.05, 3.63) is 0 Å². The predicted octanol–water partition coefficient (Wildman–Crippen LogP) is 2.61. The molecule has 0 aliphatic heterocycles. The van der Waals surface area contributed by atoms with Crippen molar-refractivity contribution < 1.29 is 30.6 Å². The van der Waals surface area contributed by atoms with Crippen molar-refractivity contribution in [2.24, 2.45) is 40.4 Å². The lowest BCUT2D eigenvalue weighted by Crippen LogP contribution is -2.75. The minimum absolute atomic E-state index is 0.0426. The fraction of sp³-hybridized carbons (Fsp3) is 1.00. The minimum atomic E-state index is -1.42. The smallest absolute Gasteiger partial charge is 0.0987 e. The van der Waals surface area contributed by atoms with Gasteiger partial charge in [0.2, 0.25) is 0 Å². The number of hydrogen-bond donors (Lipinski definition) is 6. The molecular weight excluding hydrogens is 420 g/mol. The number of aliphatic hydroxyl groups is 6. The molecule has 0 saturated heterocycles.